The summed E-state index contributed by atoms with van der Waals surface area (Å²) in [7, 11) is 0. The summed E-state index contributed by atoms with van der Waals surface area (Å²) in [6.45, 7) is 5.79. The molecule has 0 unspecified atom stereocenters. The number of rotatable bonds is 22. The average Bonchev–Trinajstić information content (AvgIpc) is 2.76. The molecule has 1 aromatic heterocycles. The van der Waals surface area contributed by atoms with Crippen LogP contribution in [-0.4, -0.2) is 0 Å². The molecule has 0 aromatic carbocycles. The molecule has 1 aromatic rings. The van der Waals surface area contributed by atoms with Gasteiger partial charge in [0.05, 0.1) is 0 Å². The SMILES string of the molecule is CCCCCCCCCCCCc1ccc[n+](CCCCCCCCCCCC)c1. The Balaban J connectivity index is 1.97. The number of unbranched alkanes of at least 4 members (excludes halogenated alkanes) is 18. The molecule has 0 saturated heterocycles. The molecule has 1 heteroatoms. The lowest BCUT2D eigenvalue weighted by Crippen LogP contribution is -2.33. The van der Waals surface area contributed by atoms with E-state index in [1.807, 2.05) is 0 Å². The molecule has 1 heterocycles. The molecular formula is C29H54N+. The van der Waals surface area contributed by atoms with Crippen LogP contribution in [0.25, 0.3) is 0 Å². The molecule has 0 spiro atoms. The molecule has 1 nitrogen and oxygen atoms in total. The van der Waals surface area contributed by atoms with E-state index in [-0.39, 0.29) is 0 Å². The van der Waals surface area contributed by atoms with E-state index in [4.69, 9.17) is 0 Å². The van der Waals surface area contributed by atoms with Gasteiger partial charge in [-0.3, -0.25) is 0 Å². The Kier molecular flexibility index (Phi) is 19.4. The van der Waals surface area contributed by atoms with Gasteiger partial charge in [0.25, 0.3) is 0 Å². The van der Waals surface area contributed by atoms with E-state index in [1.165, 1.54) is 147 Å². The Morgan fingerprint density at radius 1 is 0.533 bits per heavy atom. The average molecular weight is 417 g/mol. The van der Waals surface area contributed by atoms with Crippen LogP contribution in [0.15, 0.2) is 24.5 Å². The highest BCUT2D eigenvalue weighted by Gasteiger charge is 2.03. The van der Waals surface area contributed by atoms with Crippen molar-refractivity contribution >= 4 is 0 Å². The molecule has 0 bridgehead atoms. The molecule has 0 atom stereocenters. The Hall–Kier alpha value is -0.850. The summed E-state index contributed by atoms with van der Waals surface area (Å²) in [5.74, 6) is 0. The van der Waals surface area contributed by atoms with Gasteiger partial charge in [0.15, 0.2) is 12.4 Å². The molecule has 174 valence electrons. The second kappa shape index (κ2) is 21.4. The van der Waals surface area contributed by atoms with Crippen molar-refractivity contribution in [2.24, 2.45) is 0 Å². The first-order valence-electron chi connectivity index (χ1n) is 13.8. The molecule has 0 amide bonds. The number of hydrogen-bond donors (Lipinski definition) is 0. The van der Waals surface area contributed by atoms with Crippen molar-refractivity contribution in [3.05, 3.63) is 30.1 Å². The minimum atomic E-state index is 1.20. The maximum atomic E-state index is 2.43. The highest BCUT2D eigenvalue weighted by Crippen LogP contribution is 2.12. The predicted octanol–water partition coefficient (Wildman–Crippen LogP) is 9.36. The maximum Gasteiger partial charge on any atom is 0.171 e. The van der Waals surface area contributed by atoms with Crippen LogP contribution in [0.1, 0.15) is 148 Å². The zero-order chi connectivity index (χ0) is 21.5. The van der Waals surface area contributed by atoms with Gasteiger partial charge >= 0.3 is 0 Å². The Morgan fingerprint density at radius 2 is 0.967 bits per heavy atom. The zero-order valence-corrected chi connectivity index (χ0v) is 20.8. The van der Waals surface area contributed by atoms with E-state index >= 15 is 0 Å². The Labute approximate surface area is 190 Å². The van der Waals surface area contributed by atoms with E-state index in [1.54, 1.807) is 0 Å². The van der Waals surface area contributed by atoms with E-state index in [9.17, 15) is 0 Å². The molecule has 0 aliphatic carbocycles. The first-order chi connectivity index (χ1) is 14.9. The van der Waals surface area contributed by atoms with Crippen LogP contribution in [0.5, 0.6) is 0 Å². The van der Waals surface area contributed by atoms with Crippen molar-refractivity contribution in [1.82, 2.24) is 0 Å². The summed E-state index contributed by atoms with van der Waals surface area (Å²) in [6, 6.07) is 4.57. The van der Waals surface area contributed by atoms with Crippen LogP contribution in [0.4, 0.5) is 0 Å². The quantitative estimate of drug-likeness (QED) is 0.131. The monoisotopic (exact) mass is 416 g/mol. The second-order valence-corrected chi connectivity index (χ2v) is 9.56. The summed E-state index contributed by atoms with van der Waals surface area (Å²) in [5, 5.41) is 0. The summed E-state index contributed by atoms with van der Waals surface area (Å²) >= 11 is 0. The van der Waals surface area contributed by atoms with Gasteiger partial charge < -0.3 is 0 Å². The fourth-order valence-electron chi connectivity index (χ4n) is 4.46. The van der Waals surface area contributed by atoms with E-state index < -0.39 is 0 Å². The summed E-state index contributed by atoms with van der Waals surface area (Å²) in [5.41, 5.74) is 1.53. The molecule has 0 N–H and O–H groups in total. The van der Waals surface area contributed by atoms with E-state index in [0.29, 0.717) is 0 Å². The molecule has 0 aliphatic rings. The number of aryl methyl sites for hydroxylation is 2. The van der Waals surface area contributed by atoms with Gasteiger partial charge in [-0.05, 0) is 25.3 Å². The van der Waals surface area contributed by atoms with Crippen LogP contribution in [0.3, 0.4) is 0 Å². The van der Waals surface area contributed by atoms with E-state index in [0.717, 1.165) is 0 Å². The smallest absolute Gasteiger partial charge is 0.171 e. The topological polar surface area (TPSA) is 3.88 Å². The van der Waals surface area contributed by atoms with Gasteiger partial charge in [-0.2, -0.15) is 0 Å². The van der Waals surface area contributed by atoms with Gasteiger partial charge in [-0.15, -0.1) is 0 Å². The molecule has 0 radical (unpaired) electrons. The van der Waals surface area contributed by atoms with Crippen molar-refractivity contribution in [1.29, 1.82) is 0 Å². The fourth-order valence-corrected chi connectivity index (χ4v) is 4.46. The van der Waals surface area contributed by atoms with Crippen LogP contribution in [0.2, 0.25) is 0 Å². The highest BCUT2D eigenvalue weighted by atomic mass is 14.9. The highest BCUT2D eigenvalue weighted by molar-refractivity contribution is 5.05. The molecule has 30 heavy (non-hydrogen) atoms. The van der Waals surface area contributed by atoms with Crippen molar-refractivity contribution in [3.63, 3.8) is 0 Å². The van der Waals surface area contributed by atoms with Crippen molar-refractivity contribution < 1.29 is 4.57 Å². The van der Waals surface area contributed by atoms with Crippen LogP contribution in [0, 0.1) is 0 Å². The number of nitrogens with zero attached hydrogens (tertiary/aromatic N) is 1. The minimum absolute atomic E-state index is 1.20. The normalized spacial score (nSPS) is 11.3. The summed E-state index contributed by atoms with van der Waals surface area (Å²) < 4.78 is 2.43. The lowest BCUT2D eigenvalue weighted by molar-refractivity contribution is -0.697. The molecular weight excluding hydrogens is 362 g/mol. The Bertz CT molecular complexity index is 428. The van der Waals surface area contributed by atoms with Crippen molar-refractivity contribution in [2.75, 3.05) is 0 Å². The predicted molar refractivity (Wildman–Crippen MR) is 134 cm³/mol. The first-order valence-corrected chi connectivity index (χ1v) is 13.8. The third-order valence-corrected chi connectivity index (χ3v) is 6.51. The standard InChI is InChI=1S/C29H54N/c1-3-5-7-9-11-13-15-17-19-21-24-29-25-23-27-30(28-29)26-22-20-18-16-14-12-10-8-6-4-2/h23,25,27-28H,3-22,24,26H2,1-2H3/q+1. The third kappa shape index (κ3) is 16.9. The lowest BCUT2D eigenvalue weighted by atomic mass is 10.0. The van der Waals surface area contributed by atoms with Gasteiger partial charge in [-0.25, -0.2) is 4.57 Å². The van der Waals surface area contributed by atoms with Gasteiger partial charge in [0.2, 0.25) is 0 Å². The van der Waals surface area contributed by atoms with Crippen LogP contribution >= 0.6 is 0 Å². The number of pyridine rings is 1. The molecule has 1 rings (SSSR count). The Morgan fingerprint density at radius 3 is 1.47 bits per heavy atom. The largest absolute Gasteiger partial charge is 0.205 e. The first kappa shape index (κ1) is 27.2. The second-order valence-electron chi connectivity index (χ2n) is 9.56. The summed E-state index contributed by atoms with van der Waals surface area (Å²) in [4.78, 5) is 0. The van der Waals surface area contributed by atoms with Crippen LogP contribution in [-0.2, 0) is 13.0 Å². The van der Waals surface area contributed by atoms with Crippen LogP contribution < -0.4 is 4.57 Å². The van der Waals surface area contributed by atoms with Gasteiger partial charge in [-0.1, -0.05) is 123 Å². The lowest BCUT2D eigenvalue weighted by Gasteiger charge is -2.04. The number of aromatic nitrogens is 1. The maximum absolute atomic E-state index is 2.43. The van der Waals surface area contributed by atoms with E-state index in [2.05, 4.69) is 42.9 Å². The number of hydrogen-bond acceptors (Lipinski definition) is 0. The fraction of sp³-hybridized carbons (Fsp3) is 0.828. The molecule has 0 fully saturated rings. The van der Waals surface area contributed by atoms with Gasteiger partial charge in [0.1, 0.15) is 6.54 Å². The third-order valence-electron chi connectivity index (χ3n) is 6.51. The summed E-state index contributed by atoms with van der Waals surface area (Å²) in [6.07, 6.45) is 34.3. The van der Waals surface area contributed by atoms with Crippen molar-refractivity contribution in [3.8, 4) is 0 Å². The zero-order valence-electron chi connectivity index (χ0n) is 20.8. The molecule has 0 aliphatic heterocycles. The minimum Gasteiger partial charge on any atom is -0.205 e. The molecule has 0 saturated carbocycles. The van der Waals surface area contributed by atoms with Crippen molar-refractivity contribution in [2.45, 2.75) is 155 Å². The van der Waals surface area contributed by atoms with Gasteiger partial charge in [0, 0.05) is 18.1 Å².